The minimum absolute atomic E-state index is 0.0479. The SMILES string of the molecule is CC#CCn1c(N2CCCC(N)C2)nc2c1c(=O)n(Cc1nc(F)ccc1C(=O)O)c(=O)n2C. The summed E-state index contributed by atoms with van der Waals surface area (Å²) in [7, 11) is 1.46. The van der Waals surface area contributed by atoms with Crippen molar-refractivity contribution in [3.8, 4) is 11.8 Å². The summed E-state index contributed by atoms with van der Waals surface area (Å²) >= 11 is 0. The Labute approximate surface area is 193 Å². The predicted molar refractivity (Wildman–Crippen MR) is 122 cm³/mol. The number of aromatic nitrogens is 5. The second kappa shape index (κ2) is 9.11. The number of rotatable bonds is 5. The zero-order chi connectivity index (χ0) is 24.6. The molecule has 4 heterocycles. The number of hydrogen-bond donors (Lipinski definition) is 2. The van der Waals surface area contributed by atoms with Crippen molar-refractivity contribution >= 4 is 23.1 Å². The number of hydrogen-bond acceptors (Lipinski definition) is 7. The minimum atomic E-state index is -1.35. The summed E-state index contributed by atoms with van der Waals surface area (Å²) in [5.41, 5.74) is 4.47. The summed E-state index contributed by atoms with van der Waals surface area (Å²) in [4.78, 5) is 48.4. The van der Waals surface area contributed by atoms with Gasteiger partial charge in [0.1, 0.15) is 0 Å². The zero-order valence-electron chi connectivity index (χ0n) is 18.8. The summed E-state index contributed by atoms with van der Waals surface area (Å²) in [6.45, 7) is 2.54. The topological polar surface area (TPSA) is 141 Å². The fourth-order valence-corrected chi connectivity index (χ4v) is 4.18. The van der Waals surface area contributed by atoms with Crippen LogP contribution in [0.1, 0.15) is 35.8 Å². The van der Waals surface area contributed by atoms with Crippen LogP contribution in [0.5, 0.6) is 0 Å². The number of nitrogens with zero attached hydrogens (tertiary/aromatic N) is 6. The molecule has 4 rings (SSSR count). The van der Waals surface area contributed by atoms with Crippen molar-refractivity contribution in [2.24, 2.45) is 12.8 Å². The van der Waals surface area contributed by atoms with E-state index in [1.807, 2.05) is 4.90 Å². The maximum atomic E-state index is 13.8. The van der Waals surface area contributed by atoms with E-state index in [1.165, 1.54) is 11.6 Å². The zero-order valence-corrected chi connectivity index (χ0v) is 18.8. The van der Waals surface area contributed by atoms with Crippen LogP contribution in [0, 0.1) is 17.8 Å². The Morgan fingerprint density at radius 3 is 2.74 bits per heavy atom. The van der Waals surface area contributed by atoms with Crippen LogP contribution in [0.3, 0.4) is 0 Å². The molecule has 0 bridgehead atoms. The highest BCUT2D eigenvalue weighted by Gasteiger charge is 2.26. The van der Waals surface area contributed by atoms with Crippen molar-refractivity contribution < 1.29 is 14.3 Å². The lowest BCUT2D eigenvalue weighted by Gasteiger charge is -2.31. The van der Waals surface area contributed by atoms with Crippen LogP contribution in [0.15, 0.2) is 21.7 Å². The first-order valence-corrected chi connectivity index (χ1v) is 10.7. The number of aromatic carboxylic acids is 1. The molecule has 3 N–H and O–H groups in total. The summed E-state index contributed by atoms with van der Waals surface area (Å²) in [6, 6.07) is 1.91. The molecule has 1 fully saturated rings. The molecule has 1 aliphatic heterocycles. The summed E-state index contributed by atoms with van der Waals surface area (Å²) in [5, 5.41) is 9.43. The van der Waals surface area contributed by atoms with Crippen LogP contribution in [0.4, 0.5) is 10.3 Å². The molecule has 0 aromatic carbocycles. The normalized spacial score (nSPS) is 15.9. The Kier molecular flexibility index (Phi) is 6.21. The molecule has 1 atom stereocenters. The minimum Gasteiger partial charge on any atom is -0.478 e. The second-order valence-corrected chi connectivity index (χ2v) is 8.11. The van der Waals surface area contributed by atoms with Gasteiger partial charge in [0.05, 0.1) is 24.3 Å². The average molecular weight is 469 g/mol. The number of nitrogens with two attached hydrogens (primary N) is 1. The fourth-order valence-electron chi connectivity index (χ4n) is 4.18. The number of carbonyl (C=O) groups is 1. The molecule has 178 valence electrons. The molecule has 1 saturated heterocycles. The number of anilines is 1. The largest absolute Gasteiger partial charge is 0.478 e. The highest BCUT2D eigenvalue weighted by molar-refractivity contribution is 5.88. The van der Waals surface area contributed by atoms with E-state index in [2.05, 4.69) is 21.8 Å². The van der Waals surface area contributed by atoms with Gasteiger partial charge >= 0.3 is 11.7 Å². The Morgan fingerprint density at radius 1 is 1.29 bits per heavy atom. The van der Waals surface area contributed by atoms with Gasteiger partial charge in [0, 0.05) is 26.2 Å². The number of fused-ring (bicyclic) bond motifs is 1. The van der Waals surface area contributed by atoms with E-state index in [1.54, 1.807) is 11.5 Å². The van der Waals surface area contributed by atoms with Crippen LogP contribution in [-0.2, 0) is 20.1 Å². The number of piperidine rings is 1. The first kappa shape index (κ1) is 23.2. The number of imidazole rings is 1. The Balaban J connectivity index is 1.95. The number of carboxylic acids is 1. The number of carboxylic acid groups (broad SMARTS) is 1. The monoisotopic (exact) mass is 469 g/mol. The third-order valence-corrected chi connectivity index (χ3v) is 5.85. The predicted octanol–water partition coefficient (Wildman–Crippen LogP) is 0.128. The molecule has 1 unspecified atom stereocenters. The van der Waals surface area contributed by atoms with E-state index in [0.717, 1.165) is 29.5 Å². The molecule has 0 radical (unpaired) electrons. The third-order valence-electron chi connectivity index (χ3n) is 5.85. The molecule has 0 saturated carbocycles. The van der Waals surface area contributed by atoms with E-state index in [9.17, 15) is 23.9 Å². The second-order valence-electron chi connectivity index (χ2n) is 8.11. The summed E-state index contributed by atoms with van der Waals surface area (Å²) < 4.78 is 17.5. The van der Waals surface area contributed by atoms with Crippen molar-refractivity contribution in [1.82, 2.24) is 23.7 Å². The van der Waals surface area contributed by atoms with Crippen LogP contribution < -0.4 is 21.9 Å². The Hall–Kier alpha value is -3.98. The van der Waals surface area contributed by atoms with Gasteiger partial charge in [-0.1, -0.05) is 5.92 Å². The number of halogens is 1. The molecule has 0 amide bonds. The van der Waals surface area contributed by atoms with Crippen LogP contribution in [0.2, 0.25) is 0 Å². The van der Waals surface area contributed by atoms with Gasteiger partial charge in [-0.2, -0.15) is 9.37 Å². The van der Waals surface area contributed by atoms with Crippen molar-refractivity contribution in [3.05, 3.63) is 50.2 Å². The van der Waals surface area contributed by atoms with Crippen molar-refractivity contribution in [3.63, 3.8) is 0 Å². The smallest absolute Gasteiger partial charge is 0.337 e. The van der Waals surface area contributed by atoms with Crippen molar-refractivity contribution in [2.75, 3.05) is 18.0 Å². The molecule has 3 aromatic heterocycles. The number of pyridine rings is 1. The average Bonchev–Trinajstić information content (AvgIpc) is 3.18. The van der Waals surface area contributed by atoms with Crippen LogP contribution in [0.25, 0.3) is 11.2 Å². The van der Waals surface area contributed by atoms with Gasteiger partial charge in [0.2, 0.25) is 11.9 Å². The molecule has 0 spiro atoms. The van der Waals surface area contributed by atoms with E-state index < -0.39 is 29.7 Å². The van der Waals surface area contributed by atoms with E-state index >= 15 is 0 Å². The summed E-state index contributed by atoms with van der Waals surface area (Å²) in [5.74, 6) is 3.95. The van der Waals surface area contributed by atoms with E-state index in [0.29, 0.717) is 19.0 Å². The third kappa shape index (κ3) is 4.06. The molecular weight excluding hydrogens is 445 g/mol. The lowest BCUT2D eigenvalue weighted by atomic mass is 10.1. The molecule has 3 aromatic rings. The molecular formula is C22H24FN7O4. The maximum absolute atomic E-state index is 13.8. The van der Waals surface area contributed by atoms with Gasteiger partial charge in [-0.3, -0.25) is 18.5 Å². The van der Waals surface area contributed by atoms with Gasteiger partial charge in [0.15, 0.2) is 11.2 Å². The Morgan fingerprint density at radius 2 is 2.06 bits per heavy atom. The van der Waals surface area contributed by atoms with Crippen molar-refractivity contribution in [1.29, 1.82) is 0 Å². The lowest BCUT2D eigenvalue weighted by Crippen LogP contribution is -2.44. The van der Waals surface area contributed by atoms with Gasteiger partial charge in [-0.15, -0.1) is 5.92 Å². The molecule has 1 aliphatic rings. The summed E-state index contributed by atoms with van der Waals surface area (Å²) in [6.07, 6.45) is 1.74. The Bertz CT molecular complexity index is 1460. The lowest BCUT2D eigenvalue weighted by molar-refractivity contribution is 0.0694. The van der Waals surface area contributed by atoms with Crippen LogP contribution >= 0.6 is 0 Å². The highest BCUT2D eigenvalue weighted by atomic mass is 19.1. The first-order valence-electron chi connectivity index (χ1n) is 10.7. The van der Waals surface area contributed by atoms with Gasteiger partial charge in [-0.25, -0.2) is 14.6 Å². The first-order chi connectivity index (χ1) is 16.2. The molecule has 12 heteroatoms. The van der Waals surface area contributed by atoms with Crippen molar-refractivity contribution in [2.45, 2.75) is 38.9 Å². The molecule has 0 aliphatic carbocycles. The van der Waals surface area contributed by atoms with Crippen LogP contribution in [-0.4, -0.2) is 53.9 Å². The van der Waals surface area contributed by atoms with Gasteiger partial charge in [-0.05, 0) is 31.9 Å². The fraction of sp³-hybridized carbons (Fsp3) is 0.409. The maximum Gasteiger partial charge on any atom is 0.337 e. The van der Waals surface area contributed by atoms with E-state index in [-0.39, 0.29) is 35.0 Å². The molecule has 34 heavy (non-hydrogen) atoms. The quantitative estimate of drug-likeness (QED) is 0.397. The number of aryl methyl sites for hydroxylation is 1. The van der Waals surface area contributed by atoms with Gasteiger partial charge in [0.25, 0.3) is 5.56 Å². The van der Waals surface area contributed by atoms with E-state index in [4.69, 9.17) is 5.73 Å². The molecule has 11 nitrogen and oxygen atoms in total. The standard InChI is InChI=1S/C22H24FN7O4/c1-3-4-10-29-17-18(26-21(29)28-9-5-6-13(24)11-28)27(2)22(34)30(19(17)31)12-15-14(20(32)33)7-8-16(23)25-15/h7-8,13H,5-6,9-12,24H2,1-2H3,(H,32,33). The highest BCUT2D eigenvalue weighted by Crippen LogP contribution is 2.23. The van der Waals surface area contributed by atoms with Gasteiger partial charge < -0.3 is 15.7 Å².